The predicted molar refractivity (Wildman–Crippen MR) is 91.5 cm³/mol. The van der Waals surface area contributed by atoms with E-state index < -0.39 is 0 Å². The van der Waals surface area contributed by atoms with E-state index in [1.807, 2.05) is 0 Å². The number of methoxy groups -OCH3 is 1. The number of carbonyl (C=O) groups excluding carboxylic acids is 1. The lowest BCUT2D eigenvalue weighted by atomic mass is 10.1. The molecule has 2 nitrogen and oxygen atoms in total. The Bertz CT molecular complexity index is 246. The molecule has 0 aliphatic carbocycles. The third kappa shape index (κ3) is 17.2. The predicted octanol–water partition coefficient (Wildman–Crippen LogP) is 6.20. The molecule has 124 valence electrons. The maximum Gasteiger partial charge on any atom is 0.305 e. The lowest BCUT2D eigenvalue weighted by molar-refractivity contribution is -0.140. The molecule has 0 atom stereocenters. The van der Waals surface area contributed by atoms with Crippen LogP contribution in [0.1, 0.15) is 96.8 Å². The van der Waals surface area contributed by atoms with Gasteiger partial charge in [0, 0.05) is 6.42 Å². The molecular formula is C19H36O2. The molecule has 0 amide bonds. The van der Waals surface area contributed by atoms with Gasteiger partial charge in [0.2, 0.25) is 0 Å². The monoisotopic (exact) mass is 297 g/mol. The van der Waals surface area contributed by atoms with Crippen LogP contribution in [0.3, 0.4) is 0 Å². The first-order chi connectivity index (χ1) is 10.3. The SMILES string of the molecule is CCCCCCCCC=CCCCCCCC[13C](=O)OC. The molecule has 0 bridgehead atoms. The highest BCUT2D eigenvalue weighted by Crippen LogP contribution is 2.10. The molecule has 0 heterocycles. The number of rotatable bonds is 15. The number of ether oxygens (including phenoxy) is 1. The van der Waals surface area contributed by atoms with Crippen molar-refractivity contribution >= 4 is 5.97 Å². The van der Waals surface area contributed by atoms with E-state index in [4.69, 9.17) is 0 Å². The van der Waals surface area contributed by atoms with Gasteiger partial charge in [0.1, 0.15) is 0 Å². The Morgan fingerprint density at radius 3 is 1.76 bits per heavy atom. The maximum atomic E-state index is 10.9. The van der Waals surface area contributed by atoms with Gasteiger partial charge in [-0.05, 0) is 32.1 Å². The fraction of sp³-hybridized carbons (Fsp3) is 0.842. The van der Waals surface area contributed by atoms with E-state index in [1.165, 1.54) is 77.7 Å². The Hall–Kier alpha value is -0.790. The van der Waals surface area contributed by atoms with Crippen molar-refractivity contribution in [1.82, 2.24) is 0 Å². The van der Waals surface area contributed by atoms with Crippen LogP contribution in [-0.4, -0.2) is 13.1 Å². The summed E-state index contributed by atoms with van der Waals surface area (Å²) in [5, 5.41) is 0. The van der Waals surface area contributed by atoms with Crippen molar-refractivity contribution in [2.45, 2.75) is 96.8 Å². The average Bonchev–Trinajstić information content (AvgIpc) is 2.50. The molecule has 0 rings (SSSR count). The summed E-state index contributed by atoms with van der Waals surface area (Å²) in [6, 6.07) is 0. The standard InChI is InChI=1S/C19H36O2/c1-3-4-5-6-7-8-9-10-11-12-13-14-15-16-17-18-19(20)21-2/h10-11H,3-9,12-18H2,1-2H3/i19+1. The molecule has 0 aliphatic heterocycles. The number of allylic oxidation sites excluding steroid dienone is 2. The third-order valence-electron chi connectivity index (χ3n) is 3.87. The Morgan fingerprint density at radius 2 is 1.24 bits per heavy atom. The van der Waals surface area contributed by atoms with E-state index in [0.717, 1.165) is 12.8 Å². The van der Waals surface area contributed by atoms with E-state index in [1.54, 1.807) is 0 Å². The van der Waals surface area contributed by atoms with Crippen LogP contribution in [0.5, 0.6) is 0 Å². The molecular weight excluding hydrogens is 261 g/mol. The first-order valence-corrected chi connectivity index (χ1v) is 9.03. The van der Waals surface area contributed by atoms with Crippen LogP contribution in [0, 0.1) is 0 Å². The van der Waals surface area contributed by atoms with Crippen LogP contribution in [0.25, 0.3) is 0 Å². The summed E-state index contributed by atoms with van der Waals surface area (Å²) in [5.74, 6) is -0.0763. The van der Waals surface area contributed by atoms with Crippen LogP contribution in [0.4, 0.5) is 0 Å². The number of esters is 1. The van der Waals surface area contributed by atoms with Crippen molar-refractivity contribution in [1.29, 1.82) is 0 Å². The summed E-state index contributed by atoms with van der Waals surface area (Å²) in [4.78, 5) is 10.9. The molecule has 0 radical (unpaired) electrons. The smallest absolute Gasteiger partial charge is 0.305 e. The second-order valence-corrected chi connectivity index (χ2v) is 5.91. The molecule has 0 unspecified atom stereocenters. The van der Waals surface area contributed by atoms with Gasteiger partial charge in [-0.25, -0.2) is 0 Å². The van der Waals surface area contributed by atoms with Gasteiger partial charge in [0.15, 0.2) is 0 Å². The summed E-state index contributed by atoms with van der Waals surface area (Å²) >= 11 is 0. The van der Waals surface area contributed by atoms with Crippen molar-refractivity contribution in [3.05, 3.63) is 12.2 Å². The largest absolute Gasteiger partial charge is 0.469 e. The molecule has 0 aromatic rings. The van der Waals surface area contributed by atoms with Crippen molar-refractivity contribution in [3.8, 4) is 0 Å². The van der Waals surface area contributed by atoms with Gasteiger partial charge in [-0.2, -0.15) is 0 Å². The Balaban J connectivity index is 3.10. The van der Waals surface area contributed by atoms with E-state index in [0.29, 0.717) is 6.42 Å². The van der Waals surface area contributed by atoms with Crippen LogP contribution in [-0.2, 0) is 9.53 Å². The fourth-order valence-electron chi connectivity index (χ4n) is 2.44. The van der Waals surface area contributed by atoms with Crippen LogP contribution < -0.4 is 0 Å². The summed E-state index contributed by atoms with van der Waals surface area (Å²) in [6.45, 7) is 2.27. The summed E-state index contributed by atoms with van der Waals surface area (Å²) in [6.07, 6.45) is 22.0. The second-order valence-electron chi connectivity index (χ2n) is 5.91. The van der Waals surface area contributed by atoms with Crippen LogP contribution in [0.2, 0.25) is 0 Å². The highest BCUT2D eigenvalue weighted by molar-refractivity contribution is 5.68. The van der Waals surface area contributed by atoms with Gasteiger partial charge in [-0.15, -0.1) is 0 Å². The summed E-state index contributed by atoms with van der Waals surface area (Å²) in [5.41, 5.74) is 0. The molecule has 21 heavy (non-hydrogen) atoms. The quantitative estimate of drug-likeness (QED) is 0.156. The first kappa shape index (κ1) is 20.2. The normalized spacial score (nSPS) is 11.1. The van der Waals surface area contributed by atoms with Gasteiger partial charge in [0.25, 0.3) is 0 Å². The van der Waals surface area contributed by atoms with E-state index >= 15 is 0 Å². The number of hydrogen-bond donors (Lipinski definition) is 0. The minimum absolute atomic E-state index is 0.0763. The zero-order chi connectivity index (χ0) is 15.6. The molecule has 0 aromatic carbocycles. The number of carbonyl (C=O) groups is 1. The molecule has 0 spiro atoms. The molecule has 0 aromatic heterocycles. The molecule has 2 heteroatoms. The second kappa shape index (κ2) is 17.3. The third-order valence-corrected chi connectivity index (χ3v) is 3.87. The fourth-order valence-corrected chi connectivity index (χ4v) is 2.44. The van der Waals surface area contributed by atoms with Crippen LogP contribution in [0.15, 0.2) is 12.2 Å². The average molecular weight is 297 g/mol. The van der Waals surface area contributed by atoms with E-state index in [9.17, 15) is 4.79 Å². The molecule has 0 fully saturated rings. The Kier molecular flexibility index (Phi) is 16.6. The van der Waals surface area contributed by atoms with E-state index in [2.05, 4.69) is 23.8 Å². The molecule has 0 saturated carbocycles. The lowest BCUT2D eigenvalue weighted by Crippen LogP contribution is -1.98. The van der Waals surface area contributed by atoms with Crippen molar-refractivity contribution in [3.63, 3.8) is 0 Å². The lowest BCUT2D eigenvalue weighted by Gasteiger charge is -2.00. The topological polar surface area (TPSA) is 26.3 Å². The summed E-state index contributed by atoms with van der Waals surface area (Å²) in [7, 11) is 1.46. The number of unbranched alkanes of at least 4 members (excludes halogenated alkanes) is 11. The van der Waals surface area contributed by atoms with E-state index in [-0.39, 0.29) is 5.97 Å². The Labute approximate surface area is 132 Å². The minimum atomic E-state index is -0.0763. The van der Waals surface area contributed by atoms with Crippen molar-refractivity contribution in [2.75, 3.05) is 7.11 Å². The van der Waals surface area contributed by atoms with Gasteiger partial charge < -0.3 is 4.74 Å². The minimum Gasteiger partial charge on any atom is -0.469 e. The zero-order valence-corrected chi connectivity index (χ0v) is 14.4. The van der Waals surface area contributed by atoms with Gasteiger partial charge >= 0.3 is 5.97 Å². The van der Waals surface area contributed by atoms with Gasteiger partial charge in [-0.1, -0.05) is 70.4 Å². The first-order valence-electron chi connectivity index (χ1n) is 9.03. The van der Waals surface area contributed by atoms with Gasteiger partial charge in [-0.3, -0.25) is 4.79 Å². The van der Waals surface area contributed by atoms with Crippen molar-refractivity contribution < 1.29 is 9.53 Å². The Morgan fingerprint density at radius 1 is 0.762 bits per heavy atom. The molecule has 0 N–H and O–H groups in total. The number of hydrogen-bond acceptors (Lipinski definition) is 2. The maximum absolute atomic E-state index is 10.9. The zero-order valence-electron chi connectivity index (χ0n) is 14.4. The highest BCUT2D eigenvalue weighted by atomic mass is 16.6. The van der Waals surface area contributed by atoms with Crippen LogP contribution >= 0.6 is 0 Å². The summed E-state index contributed by atoms with van der Waals surface area (Å²) < 4.78 is 4.62. The van der Waals surface area contributed by atoms with Crippen molar-refractivity contribution in [2.24, 2.45) is 0 Å². The molecule has 0 aliphatic rings. The van der Waals surface area contributed by atoms with Gasteiger partial charge in [0.05, 0.1) is 7.11 Å². The molecule has 0 saturated heterocycles. The highest BCUT2D eigenvalue weighted by Gasteiger charge is 1.98.